The highest BCUT2D eigenvalue weighted by Crippen LogP contribution is 2.18. The molecular weight excluding hydrogens is 322 g/mol. The van der Waals surface area contributed by atoms with E-state index in [1.165, 1.54) is 4.88 Å². The van der Waals surface area contributed by atoms with Gasteiger partial charge in [-0.15, -0.1) is 11.3 Å². The van der Waals surface area contributed by atoms with Gasteiger partial charge in [-0.3, -0.25) is 0 Å². The number of urea groups is 1. The van der Waals surface area contributed by atoms with Crippen LogP contribution in [0.15, 0.2) is 30.3 Å². The van der Waals surface area contributed by atoms with Crippen LogP contribution in [0, 0.1) is 6.92 Å². The average molecular weight is 347 g/mol. The predicted octanol–water partition coefficient (Wildman–Crippen LogP) is 2.98. The van der Waals surface area contributed by atoms with Crippen molar-refractivity contribution < 1.29 is 9.90 Å². The van der Waals surface area contributed by atoms with Crippen LogP contribution in [-0.4, -0.2) is 29.2 Å². The first kappa shape index (κ1) is 18.4. The number of aliphatic hydroxyl groups excluding tert-OH is 1. The molecule has 0 saturated carbocycles. The lowest BCUT2D eigenvalue weighted by atomic mass is 10.1. The molecule has 6 heteroatoms. The summed E-state index contributed by atoms with van der Waals surface area (Å²) in [5.41, 5.74) is 2.01. The van der Waals surface area contributed by atoms with Crippen LogP contribution in [0.3, 0.4) is 0 Å². The molecule has 0 radical (unpaired) electrons. The van der Waals surface area contributed by atoms with Gasteiger partial charge in [-0.2, -0.15) is 0 Å². The molecule has 0 fully saturated rings. The van der Waals surface area contributed by atoms with Crippen LogP contribution in [0.1, 0.15) is 40.6 Å². The van der Waals surface area contributed by atoms with Crippen LogP contribution in [0.5, 0.6) is 0 Å². The number of hydrogen-bond donors (Lipinski definition) is 3. The minimum atomic E-state index is -0.558. The van der Waals surface area contributed by atoms with Crippen molar-refractivity contribution in [2.45, 2.75) is 39.2 Å². The fourth-order valence-corrected chi connectivity index (χ4v) is 3.45. The van der Waals surface area contributed by atoms with Gasteiger partial charge < -0.3 is 15.7 Å². The summed E-state index contributed by atoms with van der Waals surface area (Å²) in [6.45, 7) is 5.17. The molecule has 1 unspecified atom stereocenters. The first-order valence-electron chi connectivity index (χ1n) is 8.30. The number of benzene rings is 1. The van der Waals surface area contributed by atoms with E-state index < -0.39 is 6.10 Å². The van der Waals surface area contributed by atoms with Crippen LogP contribution in [0.25, 0.3) is 0 Å². The SMILES string of the molecule is CCc1nc(CCNC(=O)NCCC(O)c2ccccc2)sc1C. The molecule has 1 atom stereocenters. The number of aliphatic hydroxyl groups is 1. The minimum Gasteiger partial charge on any atom is -0.388 e. The number of nitrogens with zero attached hydrogens (tertiary/aromatic N) is 1. The van der Waals surface area contributed by atoms with Gasteiger partial charge in [0.05, 0.1) is 16.8 Å². The van der Waals surface area contributed by atoms with E-state index in [2.05, 4.69) is 29.5 Å². The summed E-state index contributed by atoms with van der Waals surface area (Å²) in [5.74, 6) is 0. The van der Waals surface area contributed by atoms with E-state index in [1.54, 1.807) is 11.3 Å². The number of aromatic nitrogens is 1. The molecule has 0 spiro atoms. The maximum atomic E-state index is 11.8. The Morgan fingerprint density at radius 3 is 2.62 bits per heavy atom. The highest BCUT2D eigenvalue weighted by molar-refractivity contribution is 7.11. The Labute approximate surface area is 147 Å². The molecule has 2 rings (SSSR count). The standard InChI is InChI=1S/C18H25N3O2S/c1-3-15-13(2)24-17(21-15)10-12-20-18(23)19-11-9-16(22)14-7-5-4-6-8-14/h4-8,16,22H,3,9-12H2,1-2H3,(H2,19,20,23). The summed E-state index contributed by atoms with van der Waals surface area (Å²) in [6, 6.07) is 9.25. The van der Waals surface area contributed by atoms with Gasteiger partial charge in [0.25, 0.3) is 0 Å². The Morgan fingerprint density at radius 2 is 1.96 bits per heavy atom. The third-order valence-electron chi connectivity index (χ3n) is 3.78. The average Bonchev–Trinajstić information content (AvgIpc) is 2.95. The van der Waals surface area contributed by atoms with Gasteiger partial charge >= 0.3 is 6.03 Å². The number of aryl methyl sites for hydroxylation is 2. The minimum absolute atomic E-state index is 0.209. The Kier molecular flexibility index (Phi) is 7.21. The highest BCUT2D eigenvalue weighted by Gasteiger charge is 2.08. The number of nitrogens with one attached hydrogen (secondary N) is 2. The van der Waals surface area contributed by atoms with Gasteiger partial charge in [-0.05, 0) is 25.3 Å². The van der Waals surface area contributed by atoms with Crippen molar-refractivity contribution in [1.29, 1.82) is 0 Å². The van der Waals surface area contributed by atoms with Crippen molar-refractivity contribution in [1.82, 2.24) is 15.6 Å². The fourth-order valence-electron chi connectivity index (χ4n) is 2.43. The molecule has 0 aliphatic heterocycles. The monoisotopic (exact) mass is 347 g/mol. The zero-order valence-corrected chi connectivity index (χ0v) is 15.0. The molecule has 0 aliphatic rings. The van der Waals surface area contributed by atoms with Crippen molar-refractivity contribution >= 4 is 17.4 Å². The molecule has 3 N–H and O–H groups in total. The maximum absolute atomic E-state index is 11.8. The molecule has 5 nitrogen and oxygen atoms in total. The summed E-state index contributed by atoms with van der Waals surface area (Å²) in [4.78, 5) is 17.6. The van der Waals surface area contributed by atoms with Crippen LogP contribution in [0.2, 0.25) is 0 Å². The van der Waals surface area contributed by atoms with E-state index in [4.69, 9.17) is 0 Å². The molecule has 130 valence electrons. The Hall–Kier alpha value is -1.92. The smallest absolute Gasteiger partial charge is 0.314 e. The van der Waals surface area contributed by atoms with Gasteiger partial charge in [-0.25, -0.2) is 9.78 Å². The molecule has 0 bridgehead atoms. The summed E-state index contributed by atoms with van der Waals surface area (Å²) in [5, 5.41) is 16.7. The highest BCUT2D eigenvalue weighted by atomic mass is 32.1. The third-order valence-corrected chi connectivity index (χ3v) is 4.86. The quantitative estimate of drug-likeness (QED) is 0.687. The predicted molar refractivity (Wildman–Crippen MR) is 97.4 cm³/mol. The number of thiazole rings is 1. The van der Waals surface area contributed by atoms with Gasteiger partial charge in [0.2, 0.25) is 0 Å². The summed E-state index contributed by atoms with van der Waals surface area (Å²) in [7, 11) is 0. The van der Waals surface area contributed by atoms with Crippen molar-refractivity contribution in [2.24, 2.45) is 0 Å². The third kappa shape index (κ3) is 5.62. The molecule has 24 heavy (non-hydrogen) atoms. The van der Waals surface area contributed by atoms with Crippen LogP contribution < -0.4 is 10.6 Å². The number of carbonyl (C=O) groups excluding carboxylic acids is 1. The Morgan fingerprint density at radius 1 is 1.25 bits per heavy atom. The second kappa shape index (κ2) is 9.39. The Balaban J connectivity index is 1.63. The fraction of sp³-hybridized carbons (Fsp3) is 0.444. The number of amides is 2. The first-order chi connectivity index (χ1) is 11.6. The van der Waals surface area contributed by atoms with E-state index in [9.17, 15) is 9.90 Å². The van der Waals surface area contributed by atoms with Crippen LogP contribution in [0.4, 0.5) is 4.79 Å². The molecule has 0 aliphatic carbocycles. The number of rotatable bonds is 8. The molecule has 2 amide bonds. The lowest BCUT2D eigenvalue weighted by Crippen LogP contribution is -2.37. The molecule has 2 aromatic rings. The van der Waals surface area contributed by atoms with E-state index in [-0.39, 0.29) is 6.03 Å². The molecule has 1 aromatic carbocycles. The van der Waals surface area contributed by atoms with Crippen LogP contribution in [-0.2, 0) is 12.8 Å². The summed E-state index contributed by atoms with van der Waals surface area (Å²) in [6.07, 6.45) is 1.62. The molecule has 1 heterocycles. The van der Waals surface area contributed by atoms with Crippen molar-refractivity contribution in [3.63, 3.8) is 0 Å². The van der Waals surface area contributed by atoms with Crippen molar-refractivity contribution in [3.05, 3.63) is 51.5 Å². The van der Waals surface area contributed by atoms with Crippen molar-refractivity contribution in [3.8, 4) is 0 Å². The summed E-state index contributed by atoms with van der Waals surface area (Å²) < 4.78 is 0. The zero-order chi connectivity index (χ0) is 17.4. The molecule has 1 aromatic heterocycles. The number of carbonyl (C=O) groups is 1. The second-order valence-corrected chi connectivity index (χ2v) is 6.90. The normalized spacial score (nSPS) is 12.0. The largest absolute Gasteiger partial charge is 0.388 e. The van der Waals surface area contributed by atoms with E-state index in [1.807, 2.05) is 30.3 Å². The second-order valence-electron chi connectivity index (χ2n) is 5.61. The van der Waals surface area contributed by atoms with Crippen LogP contribution >= 0.6 is 11.3 Å². The van der Waals surface area contributed by atoms with E-state index >= 15 is 0 Å². The lowest BCUT2D eigenvalue weighted by Gasteiger charge is -2.12. The topological polar surface area (TPSA) is 74.2 Å². The maximum Gasteiger partial charge on any atom is 0.314 e. The van der Waals surface area contributed by atoms with Gasteiger partial charge in [0.1, 0.15) is 0 Å². The van der Waals surface area contributed by atoms with E-state index in [0.29, 0.717) is 19.5 Å². The van der Waals surface area contributed by atoms with Gasteiger partial charge in [0.15, 0.2) is 0 Å². The van der Waals surface area contributed by atoms with E-state index in [0.717, 1.165) is 29.1 Å². The lowest BCUT2D eigenvalue weighted by molar-refractivity contribution is 0.167. The Bertz CT molecular complexity index is 643. The summed E-state index contributed by atoms with van der Waals surface area (Å²) >= 11 is 1.69. The zero-order valence-electron chi connectivity index (χ0n) is 14.2. The van der Waals surface area contributed by atoms with Gasteiger partial charge in [-0.1, -0.05) is 37.3 Å². The van der Waals surface area contributed by atoms with Gasteiger partial charge in [0, 0.05) is 24.4 Å². The molecule has 0 saturated heterocycles. The molecular formula is C18H25N3O2S. The van der Waals surface area contributed by atoms with Crippen molar-refractivity contribution in [2.75, 3.05) is 13.1 Å². The number of hydrogen-bond acceptors (Lipinski definition) is 4. The first-order valence-corrected chi connectivity index (χ1v) is 9.11.